The fourth-order valence-electron chi connectivity index (χ4n) is 3.44. The van der Waals surface area contributed by atoms with Gasteiger partial charge >= 0.3 is 5.97 Å². The van der Waals surface area contributed by atoms with Crippen LogP contribution < -0.4 is 0 Å². The molecule has 0 N–H and O–H groups in total. The molecule has 118 valence electrons. The molecular formula is C16H21N3O3. The maximum absolute atomic E-state index is 12.4. The molecule has 0 aliphatic carbocycles. The van der Waals surface area contributed by atoms with Crippen LogP contribution in [0.25, 0.3) is 0 Å². The second-order valence-electron chi connectivity index (χ2n) is 6.27. The smallest absolute Gasteiger partial charge is 0.363 e. The highest BCUT2D eigenvalue weighted by Crippen LogP contribution is 2.43. The summed E-state index contributed by atoms with van der Waals surface area (Å²) in [6.07, 6.45) is 3.92. The number of likely N-dealkylation sites (tertiary alicyclic amines) is 1. The minimum atomic E-state index is -0.445. The van der Waals surface area contributed by atoms with Crippen molar-refractivity contribution in [1.29, 1.82) is 0 Å². The van der Waals surface area contributed by atoms with Gasteiger partial charge in [-0.25, -0.2) is 9.78 Å². The van der Waals surface area contributed by atoms with Crippen LogP contribution in [0.2, 0.25) is 0 Å². The van der Waals surface area contributed by atoms with E-state index in [-0.39, 0.29) is 17.4 Å². The Balaban J connectivity index is 1.59. The number of hydrogen-bond donors (Lipinski definition) is 0. The Labute approximate surface area is 130 Å². The van der Waals surface area contributed by atoms with Crippen LogP contribution in [0.4, 0.5) is 0 Å². The minimum Gasteiger partial charge on any atom is -0.363 e. The van der Waals surface area contributed by atoms with E-state index in [4.69, 9.17) is 4.84 Å². The SMILES string of the molecule is CC1CC2(CCN(OC(=O)c3ccccn3)CC2)C(=O)N1C. The topological polar surface area (TPSA) is 62.7 Å². The van der Waals surface area contributed by atoms with E-state index in [1.54, 1.807) is 29.5 Å². The van der Waals surface area contributed by atoms with Crippen LogP contribution in [0.1, 0.15) is 36.7 Å². The Morgan fingerprint density at radius 3 is 2.64 bits per heavy atom. The Bertz CT molecular complexity index is 567. The molecular weight excluding hydrogens is 282 g/mol. The highest BCUT2D eigenvalue weighted by atomic mass is 16.7. The summed E-state index contributed by atoms with van der Waals surface area (Å²) < 4.78 is 0. The first-order valence-corrected chi connectivity index (χ1v) is 7.67. The van der Waals surface area contributed by atoms with Gasteiger partial charge in [-0.15, -0.1) is 5.06 Å². The molecule has 3 rings (SSSR count). The van der Waals surface area contributed by atoms with Gasteiger partial charge in [0.15, 0.2) is 0 Å². The third-order valence-electron chi connectivity index (χ3n) is 4.89. The van der Waals surface area contributed by atoms with Crippen molar-refractivity contribution < 1.29 is 14.4 Å². The number of nitrogens with zero attached hydrogens (tertiary/aromatic N) is 3. The molecule has 2 saturated heterocycles. The third kappa shape index (κ3) is 2.59. The van der Waals surface area contributed by atoms with Gasteiger partial charge in [-0.3, -0.25) is 4.79 Å². The fourth-order valence-corrected chi connectivity index (χ4v) is 3.44. The number of carbonyl (C=O) groups excluding carboxylic acids is 2. The second-order valence-corrected chi connectivity index (χ2v) is 6.27. The molecule has 2 fully saturated rings. The van der Waals surface area contributed by atoms with Crippen molar-refractivity contribution in [2.75, 3.05) is 20.1 Å². The largest absolute Gasteiger partial charge is 0.375 e. The lowest BCUT2D eigenvalue weighted by Crippen LogP contribution is -2.44. The van der Waals surface area contributed by atoms with E-state index in [9.17, 15) is 9.59 Å². The molecule has 1 spiro atoms. The van der Waals surface area contributed by atoms with Crippen molar-refractivity contribution in [3.63, 3.8) is 0 Å². The van der Waals surface area contributed by atoms with Crippen molar-refractivity contribution in [3.05, 3.63) is 30.1 Å². The van der Waals surface area contributed by atoms with Gasteiger partial charge in [-0.1, -0.05) is 6.07 Å². The van der Waals surface area contributed by atoms with Crippen LogP contribution in [0, 0.1) is 5.41 Å². The Morgan fingerprint density at radius 1 is 1.36 bits per heavy atom. The van der Waals surface area contributed by atoms with Gasteiger partial charge in [0.25, 0.3) is 0 Å². The molecule has 2 aliphatic rings. The summed E-state index contributed by atoms with van der Waals surface area (Å²) in [4.78, 5) is 35.6. The average molecular weight is 303 g/mol. The van der Waals surface area contributed by atoms with Crippen molar-refractivity contribution in [2.24, 2.45) is 5.41 Å². The van der Waals surface area contributed by atoms with Crippen LogP contribution in [-0.4, -0.2) is 53.0 Å². The molecule has 1 aromatic rings. The lowest BCUT2D eigenvalue weighted by atomic mass is 9.76. The average Bonchev–Trinajstić information content (AvgIpc) is 2.75. The summed E-state index contributed by atoms with van der Waals surface area (Å²) in [5.41, 5.74) is 0.0373. The first-order chi connectivity index (χ1) is 10.5. The van der Waals surface area contributed by atoms with E-state index < -0.39 is 5.97 Å². The molecule has 1 unspecified atom stereocenters. The summed E-state index contributed by atoms with van der Waals surface area (Å²) >= 11 is 0. The highest BCUT2D eigenvalue weighted by Gasteiger charge is 2.50. The van der Waals surface area contributed by atoms with E-state index in [1.807, 2.05) is 11.9 Å². The number of carbonyl (C=O) groups is 2. The molecule has 6 nitrogen and oxygen atoms in total. The Morgan fingerprint density at radius 2 is 2.09 bits per heavy atom. The molecule has 3 heterocycles. The molecule has 22 heavy (non-hydrogen) atoms. The fraction of sp³-hybridized carbons (Fsp3) is 0.562. The van der Waals surface area contributed by atoms with Crippen LogP contribution >= 0.6 is 0 Å². The van der Waals surface area contributed by atoms with Crippen molar-refractivity contribution in [3.8, 4) is 0 Å². The van der Waals surface area contributed by atoms with Crippen LogP contribution in [0.5, 0.6) is 0 Å². The molecule has 1 atom stereocenters. The maximum atomic E-state index is 12.4. The van der Waals surface area contributed by atoms with Gasteiger partial charge in [0.2, 0.25) is 5.91 Å². The number of rotatable bonds is 2. The first kappa shape index (κ1) is 15.0. The molecule has 1 amide bonds. The zero-order valence-electron chi connectivity index (χ0n) is 13.0. The quantitative estimate of drug-likeness (QED) is 0.828. The number of hydroxylamine groups is 2. The van der Waals surface area contributed by atoms with Gasteiger partial charge in [-0.2, -0.15) is 0 Å². The van der Waals surface area contributed by atoms with E-state index in [0.29, 0.717) is 18.8 Å². The first-order valence-electron chi connectivity index (χ1n) is 7.67. The monoisotopic (exact) mass is 303 g/mol. The summed E-state index contributed by atoms with van der Waals surface area (Å²) in [6.45, 7) is 3.26. The number of amides is 1. The maximum Gasteiger partial charge on any atom is 0.375 e. The van der Waals surface area contributed by atoms with Crippen LogP contribution in [0.3, 0.4) is 0 Å². The lowest BCUT2D eigenvalue weighted by Gasteiger charge is -2.36. The minimum absolute atomic E-state index is 0.232. The van der Waals surface area contributed by atoms with Crippen LogP contribution in [0.15, 0.2) is 24.4 Å². The van der Waals surface area contributed by atoms with Gasteiger partial charge in [0, 0.05) is 32.4 Å². The number of piperidine rings is 1. The third-order valence-corrected chi connectivity index (χ3v) is 4.89. The normalized spacial score (nSPS) is 24.7. The number of aromatic nitrogens is 1. The zero-order chi connectivity index (χ0) is 15.7. The molecule has 0 radical (unpaired) electrons. The Hall–Kier alpha value is -1.95. The van der Waals surface area contributed by atoms with Crippen molar-refractivity contribution in [2.45, 2.75) is 32.2 Å². The summed E-state index contributed by atoms with van der Waals surface area (Å²) in [5, 5.41) is 1.65. The lowest BCUT2D eigenvalue weighted by molar-refractivity contribution is -0.153. The molecule has 0 aromatic carbocycles. The molecule has 1 aromatic heterocycles. The van der Waals surface area contributed by atoms with Gasteiger partial charge < -0.3 is 9.74 Å². The predicted molar refractivity (Wildman–Crippen MR) is 79.7 cm³/mol. The number of pyridine rings is 1. The van der Waals surface area contributed by atoms with Crippen molar-refractivity contribution in [1.82, 2.24) is 14.9 Å². The van der Waals surface area contributed by atoms with Gasteiger partial charge in [0.05, 0.1) is 5.41 Å². The molecule has 6 heteroatoms. The summed E-state index contributed by atoms with van der Waals surface area (Å²) in [5.74, 6) is -0.213. The molecule has 0 bridgehead atoms. The molecule has 2 aliphatic heterocycles. The number of hydrogen-bond acceptors (Lipinski definition) is 5. The van der Waals surface area contributed by atoms with E-state index in [1.165, 1.54) is 0 Å². The van der Waals surface area contributed by atoms with E-state index in [2.05, 4.69) is 11.9 Å². The Kier molecular flexibility index (Phi) is 3.87. The predicted octanol–water partition coefficient (Wildman–Crippen LogP) is 1.49. The van der Waals surface area contributed by atoms with Gasteiger partial charge in [0.1, 0.15) is 5.69 Å². The zero-order valence-corrected chi connectivity index (χ0v) is 13.0. The highest BCUT2D eigenvalue weighted by molar-refractivity contribution is 5.87. The van der Waals surface area contributed by atoms with E-state index >= 15 is 0 Å². The van der Waals surface area contributed by atoms with Crippen molar-refractivity contribution >= 4 is 11.9 Å². The summed E-state index contributed by atoms with van der Waals surface area (Å²) in [6, 6.07) is 5.42. The van der Waals surface area contributed by atoms with Gasteiger partial charge in [-0.05, 0) is 38.3 Å². The van der Waals surface area contributed by atoms with E-state index in [0.717, 1.165) is 19.3 Å². The molecule has 0 saturated carbocycles. The second kappa shape index (κ2) is 5.68. The standard InChI is InChI=1S/C16H21N3O3/c1-12-11-16(15(21)18(12)2)6-9-19(10-7-16)22-14(20)13-5-3-4-8-17-13/h3-5,8,12H,6-7,9-11H2,1-2H3. The summed E-state index contributed by atoms with van der Waals surface area (Å²) in [7, 11) is 1.87. The van der Waals surface area contributed by atoms with Crippen LogP contribution in [-0.2, 0) is 9.63 Å².